The van der Waals surface area contributed by atoms with E-state index < -0.39 is 0 Å². The maximum absolute atomic E-state index is 3.41. The molecule has 0 aliphatic carbocycles. The topological polar surface area (TPSA) is 39.8 Å². The predicted octanol–water partition coefficient (Wildman–Crippen LogP) is 1.87. The lowest BCUT2D eigenvalue weighted by Gasteiger charge is -2.03. The van der Waals surface area contributed by atoms with Crippen LogP contribution in [0.5, 0.6) is 0 Å². The normalized spacial score (nSPS) is 10.7. The molecule has 0 spiro atoms. The van der Waals surface area contributed by atoms with E-state index in [1.54, 1.807) is 0 Å². The van der Waals surface area contributed by atoms with Gasteiger partial charge in [0.25, 0.3) is 0 Å². The fourth-order valence-electron chi connectivity index (χ4n) is 1.25. The van der Waals surface area contributed by atoms with Crippen LogP contribution in [0, 0.1) is 0 Å². The third-order valence-electron chi connectivity index (χ3n) is 1.98. The van der Waals surface area contributed by atoms with Crippen LogP contribution in [-0.4, -0.2) is 24.6 Å². The van der Waals surface area contributed by atoms with Crippen molar-refractivity contribution >= 4 is 15.9 Å². The van der Waals surface area contributed by atoms with Crippen LogP contribution >= 0.6 is 15.9 Å². The van der Waals surface area contributed by atoms with Gasteiger partial charge in [0.05, 0.1) is 0 Å². The number of hydrogen-bond acceptors (Lipinski definition) is 2. The van der Waals surface area contributed by atoms with Gasteiger partial charge in [-0.25, -0.2) is 0 Å². The van der Waals surface area contributed by atoms with Gasteiger partial charge in [-0.3, -0.25) is 0 Å². The summed E-state index contributed by atoms with van der Waals surface area (Å²) in [7, 11) is 0. The summed E-state index contributed by atoms with van der Waals surface area (Å²) in [6, 6.07) is 2.09. The molecule has 0 aliphatic rings. The minimum Gasteiger partial charge on any atom is -0.363 e. The number of aromatic nitrogens is 1. The Morgan fingerprint density at radius 1 is 1.36 bits per heavy atom. The first kappa shape index (κ1) is 11.8. The van der Waals surface area contributed by atoms with Crippen molar-refractivity contribution in [3.63, 3.8) is 0 Å². The fourth-order valence-corrected chi connectivity index (χ4v) is 1.64. The molecule has 0 amide bonds. The average molecular weight is 260 g/mol. The Hall–Kier alpha value is -0.320. The predicted molar refractivity (Wildman–Crippen MR) is 63.4 cm³/mol. The number of halogens is 1. The summed E-state index contributed by atoms with van der Waals surface area (Å²) in [6.07, 6.45) is 3.13. The standard InChI is InChI=1S/C10H18BrN3/c1-2-12-4-3-5-13-8-10-6-9(11)7-14-10/h6-7,12-14H,2-5,8H2,1H3. The molecule has 1 heterocycles. The number of H-pyrrole nitrogens is 1. The van der Waals surface area contributed by atoms with E-state index in [-0.39, 0.29) is 0 Å². The molecule has 0 fully saturated rings. The number of rotatable bonds is 7. The lowest BCUT2D eigenvalue weighted by molar-refractivity contribution is 0.602. The molecule has 0 aliphatic heterocycles. The molecule has 0 saturated heterocycles. The smallest absolute Gasteiger partial charge is 0.0357 e. The zero-order valence-electron chi connectivity index (χ0n) is 8.57. The molecular weight excluding hydrogens is 242 g/mol. The summed E-state index contributed by atoms with van der Waals surface area (Å²) in [5.74, 6) is 0. The zero-order valence-corrected chi connectivity index (χ0v) is 10.2. The highest BCUT2D eigenvalue weighted by molar-refractivity contribution is 9.10. The van der Waals surface area contributed by atoms with E-state index in [4.69, 9.17) is 0 Å². The third-order valence-corrected chi connectivity index (χ3v) is 2.44. The molecule has 1 aromatic rings. The number of nitrogens with one attached hydrogen (secondary N) is 3. The molecule has 0 aromatic carbocycles. The van der Waals surface area contributed by atoms with Crippen molar-refractivity contribution in [2.75, 3.05) is 19.6 Å². The Morgan fingerprint density at radius 3 is 2.79 bits per heavy atom. The first-order chi connectivity index (χ1) is 6.83. The second kappa shape index (κ2) is 7.04. The SMILES string of the molecule is CCNCCCNCc1cc(Br)c[nH]1. The lowest BCUT2D eigenvalue weighted by Crippen LogP contribution is -2.21. The van der Waals surface area contributed by atoms with E-state index in [0.717, 1.165) is 30.7 Å². The van der Waals surface area contributed by atoms with Crippen LogP contribution in [-0.2, 0) is 6.54 Å². The van der Waals surface area contributed by atoms with Crippen molar-refractivity contribution in [1.82, 2.24) is 15.6 Å². The Labute approximate surface area is 93.8 Å². The first-order valence-electron chi connectivity index (χ1n) is 5.07. The van der Waals surface area contributed by atoms with E-state index in [1.807, 2.05) is 6.20 Å². The Bertz CT molecular complexity index is 247. The van der Waals surface area contributed by atoms with Gasteiger partial charge in [0, 0.05) is 22.9 Å². The van der Waals surface area contributed by atoms with Gasteiger partial charge >= 0.3 is 0 Å². The van der Waals surface area contributed by atoms with Gasteiger partial charge < -0.3 is 15.6 Å². The molecule has 0 unspecified atom stereocenters. The minimum absolute atomic E-state index is 0.914. The van der Waals surface area contributed by atoms with E-state index in [9.17, 15) is 0 Å². The van der Waals surface area contributed by atoms with Crippen LogP contribution in [0.1, 0.15) is 19.0 Å². The van der Waals surface area contributed by atoms with Crippen LogP contribution in [0.25, 0.3) is 0 Å². The largest absolute Gasteiger partial charge is 0.363 e. The molecule has 0 radical (unpaired) electrons. The summed E-state index contributed by atoms with van der Waals surface area (Å²) in [5.41, 5.74) is 1.22. The van der Waals surface area contributed by atoms with Crippen molar-refractivity contribution in [3.8, 4) is 0 Å². The van der Waals surface area contributed by atoms with E-state index >= 15 is 0 Å². The Kier molecular flexibility index (Phi) is 5.91. The maximum Gasteiger partial charge on any atom is 0.0357 e. The molecule has 0 saturated carbocycles. The molecular formula is C10H18BrN3. The summed E-state index contributed by atoms with van der Waals surface area (Å²) >= 11 is 3.41. The highest BCUT2D eigenvalue weighted by Crippen LogP contribution is 2.09. The summed E-state index contributed by atoms with van der Waals surface area (Å²) in [5, 5.41) is 6.68. The molecule has 0 bridgehead atoms. The zero-order chi connectivity index (χ0) is 10.2. The Morgan fingerprint density at radius 2 is 2.14 bits per heavy atom. The van der Waals surface area contributed by atoms with Crippen LogP contribution in [0.4, 0.5) is 0 Å². The summed E-state index contributed by atoms with van der Waals surface area (Å²) in [4.78, 5) is 3.18. The molecule has 3 nitrogen and oxygen atoms in total. The van der Waals surface area contributed by atoms with Crippen molar-refractivity contribution in [2.45, 2.75) is 19.9 Å². The minimum atomic E-state index is 0.914. The van der Waals surface area contributed by atoms with Gasteiger partial charge in [0.15, 0.2) is 0 Å². The van der Waals surface area contributed by atoms with Crippen molar-refractivity contribution < 1.29 is 0 Å². The summed E-state index contributed by atoms with van der Waals surface area (Å²) < 4.78 is 1.11. The fraction of sp³-hybridized carbons (Fsp3) is 0.600. The molecule has 4 heteroatoms. The first-order valence-corrected chi connectivity index (χ1v) is 5.86. The van der Waals surface area contributed by atoms with Crippen LogP contribution < -0.4 is 10.6 Å². The van der Waals surface area contributed by atoms with E-state index in [1.165, 1.54) is 12.1 Å². The Balaban J connectivity index is 1.99. The van der Waals surface area contributed by atoms with Gasteiger partial charge in [-0.15, -0.1) is 0 Å². The number of aromatic amines is 1. The van der Waals surface area contributed by atoms with Crippen LogP contribution in [0.3, 0.4) is 0 Å². The van der Waals surface area contributed by atoms with Crippen LogP contribution in [0.15, 0.2) is 16.7 Å². The van der Waals surface area contributed by atoms with Gasteiger partial charge in [0.2, 0.25) is 0 Å². The van der Waals surface area contributed by atoms with Crippen molar-refractivity contribution in [3.05, 3.63) is 22.4 Å². The third kappa shape index (κ3) is 4.79. The molecule has 1 aromatic heterocycles. The van der Waals surface area contributed by atoms with E-state index in [0.29, 0.717) is 0 Å². The maximum atomic E-state index is 3.41. The molecule has 1 rings (SSSR count). The molecule has 3 N–H and O–H groups in total. The number of hydrogen-bond donors (Lipinski definition) is 3. The van der Waals surface area contributed by atoms with Crippen molar-refractivity contribution in [2.24, 2.45) is 0 Å². The van der Waals surface area contributed by atoms with Gasteiger partial charge in [-0.2, -0.15) is 0 Å². The van der Waals surface area contributed by atoms with Gasteiger partial charge in [-0.1, -0.05) is 6.92 Å². The highest BCUT2D eigenvalue weighted by Gasteiger charge is 1.95. The quantitative estimate of drug-likeness (QED) is 0.655. The van der Waals surface area contributed by atoms with E-state index in [2.05, 4.69) is 44.5 Å². The van der Waals surface area contributed by atoms with Crippen molar-refractivity contribution in [1.29, 1.82) is 0 Å². The monoisotopic (exact) mass is 259 g/mol. The average Bonchev–Trinajstić information content (AvgIpc) is 2.58. The van der Waals surface area contributed by atoms with Crippen LogP contribution in [0.2, 0.25) is 0 Å². The molecule has 80 valence electrons. The highest BCUT2D eigenvalue weighted by atomic mass is 79.9. The second-order valence-electron chi connectivity index (χ2n) is 3.23. The van der Waals surface area contributed by atoms with Gasteiger partial charge in [-0.05, 0) is 48.1 Å². The molecule has 0 atom stereocenters. The lowest BCUT2D eigenvalue weighted by atomic mass is 10.4. The molecule has 14 heavy (non-hydrogen) atoms. The second-order valence-corrected chi connectivity index (χ2v) is 4.14. The summed E-state index contributed by atoms with van der Waals surface area (Å²) in [6.45, 7) is 6.26. The van der Waals surface area contributed by atoms with Gasteiger partial charge in [0.1, 0.15) is 0 Å².